The highest BCUT2D eigenvalue weighted by atomic mass is 79.9. The SMILES string of the molecule is Cc1ccnc2c1nc(CCCl)n2-c1c(Br)cccc1Br. The van der Waals surface area contributed by atoms with Gasteiger partial charge in [0.2, 0.25) is 0 Å². The van der Waals surface area contributed by atoms with Crippen molar-refractivity contribution in [1.29, 1.82) is 0 Å². The van der Waals surface area contributed by atoms with Gasteiger partial charge in [0.25, 0.3) is 0 Å². The number of para-hydroxylation sites is 1. The number of halogens is 3. The van der Waals surface area contributed by atoms with Gasteiger partial charge in [0.1, 0.15) is 11.3 Å². The minimum atomic E-state index is 0.518. The fraction of sp³-hybridized carbons (Fsp3) is 0.200. The molecule has 0 aliphatic carbocycles. The first-order chi connectivity index (χ1) is 10.1. The van der Waals surface area contributed by atoms with Crippen molar-refractivity contribution in [3.05, 3.63) is 50.8 Å². The highest BCUT2D eigenvalue weighted by Crippen LogP contribution is 2.33. The van der Waals surface area contributed by atoms with E-state index in [1.54, 1.807) is 0 Å². The average molecular weight is 430 g/mol. The van der Waals surface area contributed by atoms with E-state index < -0.39 is 0 Å². The van der Waals surface area contributed by atoms with Crippen LogP contribution < -0.4 is 0 Å². The molecule has 108 valence electrons. The fourth-order valence-electron chi connectivity index (χ4n) is 2.33. The first kappa shape index (κ1) is 15.0. The number of fused-ring (bicyclic) bond motifs is 1. The zero-order chi connectivity index (χ0) is 15.0. The van der Waals surface area contributed by atoms with E-state index in [0.717, 1.165) is 37.2 Å². The van der Waals surface area contributed by atoms with Crippen molar-refractivity contribution in [1.82, 2.24) is 14.5 Å². The lowest BCUT2D eigenvalue weighted by Crippen LogP contribution is -2.04. The van der Waals surface area contributed by atoms with Crippen LogP contribution in [0.2, 0.25) is 0 Å². The average Bonchev–Trinajstić information content (AvgIpc) is 2.80. The Bertz CT molecular complexity index is 794. The van der Waals surface area contributed by atoms with E-state index in [1.807, 2.05) is 37.4 Å². The minimum Gasteiger partial charge on any atom is -0.278 e. The molecule has 0 spiro atoms. The molecule has 2 heterocycles. The summed E-state index contributed by atoms with van der Waals surface area (Å²) in [5, 5.41) is 0. The standard InChI is InChI=1S/C15H12Br2ClN3/c1-9-6-8-19-15-13(9)20-12(5-7-18)21(15)14-10(16)3-2-4-11(14)17/h2-4,6,8H,5,7H2,1H3. The highest BCUT2D eigenvalue weighted by Gasteiger charge is 2.18. The van der Waals surface area contributed by atoms with E-state index in [0.29, 0.717) is 12.3 Å². The van der Waals surface area contributed by atoms with Gasteiger partial charge in [0.05, 0.1) is 5.69 Å². The number of aryl methyl sites for hydroxylation is 2. The maximum Gasteiger partial charge on any atom is 0.165 e. The summed E-state index contributed by atoms with van der Waals surface area (Å²) < 4.78 is 4.03. The van der Waals surface area contributed by atoms with Crippen molar-refractivity contribution in [3.63, 3.8) is 0 Å². The molecular weight excluding hydrogens is 417 g/mol. The zero-order valence-electron chi connectivity index (χ0n) is 11.3. The van der Waals surface area contributed by atoms with Crippen molar-refractivity contribution in [3.8, 4) is 5.69 Å². The quantitative estimate of drug-likeness (QED) is 0.547. The predicted octanol–water partition coefficient (Wildman–Crippen LogP) is 5.04. The smallest absolute Gasteiger partial charge is 0.165 e. The van der Waals surface area contributed by atoms with Crippen LogP contribution >= 0.6 is 43.5 Å². The second kappa shape index (κ2) is 6.07. The minimum absolute atomic E-state index is 0.518. The summed E-state index contributed by atoms with van der Waals surface area (Å²) in [6.07, 6.45) is 2.50. The normalized spacial score (nSPS) is 11.2. The Balaban J connectivity index is 2.40. The molecule has 0 saturated heterocycles. The lowest BCUT2D eigenvalue weighted by atomic mass is 10.2. The lowest BCUT2D eigenvalue weighted by molar-refractivity contribution is 0.899. The summed E-state index contributed by atoms with van der Waals surface area (Å²) in [5.74, 6) is 1.43. The molecular formula is C15H12Br2ClN3. The largest absolute Gasteiger partial charge is 0.278 e. The molecule has 21 heavy (non-hydrogen) atoms. The summed E-state index contributed by atoms with van der Waals surface area (Å²) in [6, 6.07) is 7.97. The molecule has 0 N–H and O–H groups in total. The van der Waals surface area contributed by atoms with E-state index in [1.165, 1.54) is 0 Å². The molecule has 0 unspecified atom stereocenters. The Hall–Kier alpha value is -0.910. The van der Waals surface area contributed by atoms with E-state index in [-0.39, 0.29) is 0 Å². The maximum absolute atomic E-state index is 5.95. The molecule has 3 rings (SSSR count). The van der Waals surface area contributed by atoms with E-state index in [9.17, 15) is 0 Å². The predicted molar refractivity (Wildman–Crippen MR) is 93.4 cm³/mol. The van der Waals surface area contributed by atoms with Crippen molar-refractivity contribution < 1.29 is 0 Å². The number of hydrogen-bond donors (Lipinski definition) is 0. The molecule has 0 bridgehead atoms. The Morgan fingerprint density at radius 3 is 2.57 bits per heavy atom. The Labute approximate surface area is 144 Å². The van der Waals surface area contributed by atoms with Gasteiger partial charge in [0, 0.05) is 27.4 Å². The van der Waals surface area contributed by atoms with Crippen LogP contribution in [0.3, 0.4) is 0 Å². The van der Waals surface area contributed by atoms with E-state index in [4.69, 9.17) is 16.6 Å². The highest BCUT2D eigenvalue weighted by molar-refractivity contribution is 9.11. The number of pyridine rings is 1. The van der Waals surface area contributed by atoms with Gasteiger partial charge in [-0.25, -0.2) is 9.97 Å². The summed E-state index contributed by atoms with van der Waals surface area (Å²) >= 11 is 13.2. The maximum atomic E-state index is 5.95. The number of benzene rings is 1. The lowest BCUT2D eigenvalue weighted by Gasteiger charge is -2.12. The molecule has 0 aliphatic rings. The van der Waals surface area contributed by atoms with Crippen LogP contribution in [0.4, 0.5) is 0 Å². The van der Waals surface area contributed by atoms with Gasteiger partial charge in [0.15, 0.2) is 5.65 Å². The molecule has 0 aliphatic heterocycles. The molecule has 2 aromatic heterocycles. The van der Waals surface area contributed by atoms with Gasteiger partial charge in [-0.2, -0.15) is 0 Å². The number of hydrogen-bond acceptors (Lipinski definition) is 2. The van der Waals surface area contributed by atoms with Crippen LogP contribution in [0.25, 0.3) is 16.9 Å². The van der Waals surface area contributed by atoms with Crippen LogP contribution in [-0.2, 0) is 6.42 Å². The summed E-state index contributed by atoms with van der Waals surface area (Å²) in [4.78, 5) is 9.25. The second-order valence-corrected chi connectivity index (χ2v) is 6.76. The number of aromatic nitrogens is 3. The third-order valence-corrected chi connectivity index (χ3v) is 4.77. The second-order valence-electron chi connectivity index (χ2n) is 4.67. The van der Waals surface area contributed by atoms with Crippen molar-refractivity contribution in [2.75, 3.05) is 5.88 Å². The number of nitrogens with zero attached hydrogens (tertiary/aromatic N) is 3. The molecule has 0 saturated carbocycles. The number of imidazole rings is 1. The van der Waals surface area contributed by atoms with Gasteiger partial charge in [-0.15, -0.1) is 11.6 Å². The van der Waals surface area contributed by atoms with Crippen LogP contribution in [0.5, 0.6) is 0 Å². The molecule has 0 fully saturated rings. The first-order valence-electron chi connectivity index (χ1n) is 6.46. The van der Waals surface area contributed by atoms with Gasteiger partial charge >= 0.3 is 0 Å². The van der Waals surface area contributed by atoms with Crippen LogP contribution in [0, 0.1) is 6.92 Å². The molecule has 0 radical (unpaired) electrons. The number of alkyl halides is 1. The van der Waals surface area contributed by atoms with Crippen LogP contribution in [-0.4, -0.2) is 20.4 Å². The Kier molecular flexibility index (Phi) is 4.33. The Morgan fingerprint density at radius 1 is 1.19 bits per heavy atom. The van der Waals surface area contributed by atoms with Gasteiger partial charge in [-0.05, 0) is 62.5 Å². The van der Waals surface area contributed by atoms with Crippen molar-refractivity contribution in [2.45, 2.75) is 13.3 Å². The van der Waals surface area contributed by atoms with E-state index in [2.05, 4.69) is 41.4 Å². The Morgan fingerprint density at radius 2 is 1.90 bits per heavy atom. The molecule has 3 nitrogen and oxygen atoms in total. The van der Waals surface area contributed by atoms with E-state index >= 15 is 0 Å². The first-order valence-corrected chi connectivity index (χ1v) is 8.59. The molecule has 6 heteroatoms. The topological polar surface area (TPSA) is 30.7 Å². The van der Waals surface area contributed by atoms with Gasteiger partial charge in [-0.1, -0.05) is 6.07 Å². The summed E-state index contributed by atoms with van der Waals surface area (Å²) in [6.45, 7) is 2.04. The zero-order valence-corrected chi connectivity index (χ0v) is 15.2. The van der Waals surface area contributed by atoms with Gasteiger partial charge < -0.3 is 0 Å². The van der Waals surface area contributed by atoms with Crippen LogP contribution in [0.15, 0.2) is 39.4 Å². The van der Waals surface area contributed by atoms with Crippen molar-refractivity contribution >= 4 is 54.6 Å². The van der Waals surface area contributed by atoms with Crippen molar-refractivity contribution in [2.24, 2.45) is 0 Å². The monoisotopic (exact) mass is 427 g/mol. The third kappa shape index (κ3) is 2.62. The molecule has 3 aromatic rings. The summed E-state index contributed by atoms with van der Waals surface area (Å²) in [7, 11) is 0. The molecule has 0 amide bonds. The molecule has 0 atom stereocenters. The fourth-order valence-corrected chi connectivity index (χ4v) is 3.85. The number of rotatable bonds is 3. The summed E-state index contributed by atoms with van der Waals surface area (Å²) in [5.41, 5.74) is 3.87. The third-order valence-electron chi connectivity index (χ3n) is 3.30. The molecule has 1 aromatic carbocycles. The van der Waals surface area contributed by atoms with Gasteiger partial charge in [-0.3, -0.25) is 4.57 Å². The van der Waals surface area contributed by atoms with Crippen LogP contribution in [0.1, 0.15) is 11.4 Å².